The van der Waals surface area contributed by atoms with Gasteiger partial charge in [-0.05, 0) is 24.3 Å². The minimum absolute atomic E-state index is 0.198. The number of aldehydes is 1. The molecule has 16 heavy (non-hydrogen) atoms. The van der Waals surface area contributed by atoms with Gasteiger partial charge < -0.3 is 10.5 Å². The molecule has 0 atom stereocenters. The number of hydrogen-bond acceptors (Lipinski definition) is 5. The summed E-state index contributed by atoms with van der Waals surface area (Å²) in [7, 11) is 0. The van der Waals surface area contributed by atoms with Gasteiger partial charge in [-0.1, -0.05) is 0 Å². The Hall–Kier alpha value is -2.43. The van der Waals surface area contributed by atoms with E-state index in [1.165, 1.54) is 12.4 Å². The Kier molecular flexibility index (Phi) is 2.77. The van der Waals surface area contributed by atoms with Crippen molar-refractivity contribution in [2.75, 3.05) is 5.73 Å². The van der Waals surface area contributed by atoms with Crippen LogP contribution < -0.4 is 10.5 Å². The Labute approximate surface area is 91.9 Å². The van der Waals surface area contributed by atoms with Gasteiger partial charge in [0.05, 0.1) is 12.4 Å². The van der Waals surface area contributed by atoms with Crippen molar-refractivity contribution < 1.29 is 9.53 Å². The fraction of sp³-hybridized carbons (Fsp3) is 0. The molecule has 0 fully saturated rings. The molecule has 2 aromatic rings. The van der Waals surface area contributed by atoms with Crippen LogP contribution in [0.4, 0.5) is 5.95 Å². The van der Waals surface area contributed by atoms with Crippen LogP contribution in [0.15, 0.2) is 36.7 Å². The van der Waals surface area contributed by atoms with E-state index in [0.29, 0.717) is 17.1 Å². The van der Waals surface area contributed by atoms with E-state index in [2.05, 4.69) is 9.97 Å². The van der Waals surface area contributed by atoms with Crippen LogP contribution in [0.5, 0.6) is 11.5 Å². The molecule has 0 aliphatic carbocycles. The first-order valence-electron chi connectivity index (χ1n) is 4.58. The molecule has 5 nitrogen and oxygen atoms in total. The summed E-state index contributed by atoms with van der Waals surface area (Å²) < 4.78 is 5.44. The van der Waals surface area contributed by atoms with Gasteiger partial charge in [-0.25, -0.2) is 9.97 Å². The van der Waals surface area contributed by atoms with Gasteiger partial charge in [0.2, 0.25) is 5.95 Å². The van der Waals surface area contributed by atoms with Gasteiger partial charge in [0.1, 0.15) is 12.0 Å². The Morgan fingerprint density at radius 1 is 1.06 bits per heavy atom. The van der Waals surface area contributed by atoms with Crippen molar-refractivity contribution in [2.24, 2.45) is 0 Å². The molecule has 0 amide bonds. The molecular weight excluding hydrogens is 206 g/mol. The number of ether oxygens (including phenoxy) is 1. The lowest BCUT2D eigenvalue weighted by atomic mass is 10.2. The van der Waals surface area contributed by atoms with Crippen molar-refractivity contribution in [3.8, 4) is 11.5 Å². The SMILES string of the molecule is Nc1ncc(Oc2ccc(C=O)cc2)cn1. The second-order valence-corrected chi connectivity index (χ2v) is 3.07. The first-order chi connectivity index (χ1) is 7.78. The van der Waals surface area contributed by atoms with E-state index in [9.17, 15) is 4.79 Å². The van der Waals surface area contributed by atoms with Crippen molar-refractivity contribution in [1.82, 2.24) is 9.97 Å². The zero-order valence-corrected chi connectivity index (χ0v) is 8.33. The molecule has 0 radical (unpaired) electrons. The van der Waals surface area contributed by atoms with Gasteiger partial charge in [0, 0.05) is 5.56 Å². The molecule has 0 unspecified atom stereocenters. The van der Waals surface area contributed by atoms with E-state index in [4.69, 9.17) is 10.5 Å². The zero-order valence-electron chi connectivity index (χ0n) is 8.33. The molecule has 0 aliphatic heterocycles. The summed E-state index contributed by atoms with van der Waals surface area (Å²) in [5.41, 5.74) is 5.94. The van der Waals surface area contributed by atoms with Gasteiger partial charge in [0.25, 0.3) is 0 Å². The first-order valence-corrected chi connectivity index (χ1v) is 4.58. The number of carbonyl (C=O) groups excluding carboxylic acids is 1. The number of nitrogen functional groups attached to an aromatic ring is 1. The Balaban J connectivity index is 2.14. The number of benzene rings is 1. The molecule has 80 valence electrons. The largest absolute Gasteiger partial charge is 0.454 e. The number of nitrogens with two attached hydrogens (primary N) is 1. The van der Waals surface area contributed by atoms with E-state index in [-0.39, 0.29) is 5.95 Å². The summed E-state index contributed by atoms with van der Waals surface area (Å²) in [6.45, 7) is 0. The smallest absolute Gasteiger partial charge is 0.220 e. The minimum atomic E-state index is 0.198. The van der Waals surface area contributed by atoms with Crippen LogP contribution in [-0.4, -0.2) is 16.3 Å². The van der Waals surface area contributed by atoms with Crippen LogP contribution in [0.3, 0.4) is 0 Å². The maximum absolute atomic E-state index is 10.4. The van der Waals surface area contributed by atoms with Crippen LogP contribution in [0, 0.1) is 0 Å². The third-order valence-electron chi connectivity index (χ3n) is 1.90. The lowest BCUT2D eigenvalue weighted by molar-refractivity contribution is 0.112. The number of nitrogens with zero attached hydrogens (tertiary/aromatic N) is 2. The van der Waals surface area contributed by atoms with Crippen LogP contribution >= 0.6 is 0 Å². The van der Waals surface area contributed by atoms with Crippen LogP contribution in [0.1, 0.15) is 10.4 Å². The second kappa shape index (κ2) is 4.39. The fourth-order valence-electron chi connectivity index (χ4n) is 1.13. The summed E-state index contributed by atoms with van der Waals surface area (Å²) in [6.07, 6.45) is 3.74. The molecule has 0 aliphatic rings. The minimum Gasteiger partial charge on any atom is -0.454 e. The van der Waals surface area contributed by atoms with Crippen molar-refractivity contribution in [3.05, 3.63) is 42.2 Å². The highest BCUT2D eigenvalue weighted by Crippen LogP contribution is 2.19. The van der Waals surface area contributed by atoms with Crippen molar-refractivity contribution in [3.63, 3.8) is 0 Å². The monoisotopic (exact) mass is 215 g/mol. The number of rotatable bonds is 3. The number of hydrogen-bond donors (Lipinski definition) is 1. The number of anilines is 1. The summed E-state index contributed by atoms with van der Waals surface area (Å²) in [4.78, 5) is 18.0. The fourth-order valence-corrected chi connectivity index (χ4v) is 1.13. The standard InChI is InChI=1S/C11H9N3O2/c12-11-13-5-10(6-14-11)16-9-3-1-8(7-15)2-4-9/h1-7H,(H2,12,13,14). The lowest BCUT2D eigenvalue weighted by Gasteiger charge is -2.04. The molecule has 0 saturated heterocycles. The van der Waals surface area contributed by atoms with Crippen molar-refractivity contribution in [2.45, 2.75) is 0 Å². The lowest BCUT2D eigenvalue weighted by Crippen LogP contribution is -1.94. The predicted octanol–water partition coefficient (Wildman–Crippen LogP) is 1.66. The quantitative estimate of drug-likeness (QED) is 0.788. The molecule has 0 bridgehead atoms. The van der Waals surface area contributed by atoms with E-state index < -0.39 is 0 Å². The van der Waals surface area contributed by atoms with E-state index in [0.717, 1.165) is 6.29 Å². The maximum Gasteiger partial charge on any atom is 0.220 e. The van der Waals surface area contributed by atoms with Crippen LogP contribution in [0.2, 0.25) is 0 Å². The highest BCUT2D eigenvalue weighted by Gasteiger charge is 1.98. The van der Waals surface area contributed by atoms with Gasteiger partial charge in [0.15, 0.2) is 5.75 Å². The maximum atomic E-state index is 10.4. The van der Waals surface area contributed by atoms with Crippen molar-refractivity contribution in [1.29, 1.82) is 0 Å². The molecule has 1 aromatic heterocycles. The highest BCUT2D eigenvalue weighted by molar-refractivity contribution is 5.74. The Bertz CT molecular complexity index is 480. The molecule has 2 N–H and O–H groups in total. The average molecular weight is 215 g/mol. The van der Waals surface area contributed by atoms with Gasteiger partial charge in [-0.3, -0.25) is 4.79 Å². The summed E-state index contributed by atoms with van der Waals surface area (Å²) in [6, 6.07) is 6.72. The molecule has 0 saturated carbocycles. The molecular formula is C11H9N3O2. The molecule has 0 spiro atoms. The van der Waals surface area contributed by atoms with Gasteiger partial charge >= 0.3 is 0 Å². The third-order valence-corrected chi connectivity index (χ3v) is 1.90. The number of aromatic nitrogens is 2. The molecule has 2 rings (SSSR count). The summed E-state index contributed by atoms with van der Waals surface area (Å²) in [5, 5.41) is 0. The topological polar surface area (TPSA) is 78.1 Å². The molecule has 5 heteroatoms. The van der Waals surface area contributed by atoms with E-state index >= 15 is 0 Å². The summed E-state index contributed by atoms with van der Waals surface area (Å²) in [5.74, 6) is 1.30. The van der Waals surface area contributed by atoms with E-state index in [1.54, 1.807) is 24.3 Å². The normalized spacial score (nSPS) is 9.75. The Morgan fingerprint density at radius 3 is 2.25 bits per heavy atom. The van der Waals surface area contributed by atoms with E-state index in [1.807, 2.05) is 0 Å². The first kappa shape index (κ1) is 10.1. The van der Waals surface area contributed by atoms with Gasteiger partial charge in [-0.15, -0.1) is 0 Å². The van der Waals surface area contributed by atoms with Crippen molar-refractivity contribution >= 4 is 12.2 Å². The highest BCUT2D eigenvalue weighted by atomic mass is 16.5. The average Bonchev–Trinajstić information content (AvgIpc) is 2.33. The Morgan fingerprint density at radius 2 is 1.69 bits per heavy atom. The third kappa shape index (κ3) is 2.33. The zero-order chi connectivity index (χ0) is 11.4. The predicted molar refractivity (Wildman–Crippen MR) is 58.3 cm³/mol. The molecule has 1 heterocycles. The number of carbonyl (C=O) groups is 1. The van der Waals surface area contributed by atoms with Crippen LogP contribution in [-0.2, 0) is 0 Å². The van der Waals surface area contributed by atoms with Crippen LogP contribution in [0.25, 0.3) is 0 Å². The summed E-state index contributed by atoms with van der Waals surface area (Å²) >= 11 is 0. The molecule has 1 aromatic carbocycles. The van der Waals surface area contributed by atoms with Gasteiger partial charge in [-0.2, -0.15) is 0 Å². The second-order valence-electron chi connectivity index (χ2n) is 3.07.